The van der Waals surface area contributed by atoms with E-state index in [1.807, 2.05) is 18.2 Å². The molecular weight excluding hydrogens is 324 g/mol. The van der Waals surface area contributed by atoms with Crippen molar-refractivity contribution in [2.75, 3.05) is 13.1 Å². The Morgan fingerprint density at radius 1 is 1.40 bits per heavy atom. The molecule has 1 aromatic carbocycles. The molecule has 1 N–H and O–H groups in total. The summed E-state index contributed by atoms with van der Waals surface area (Å²) in [5.41, 5.74) is 1.24. The Bertz CT molecular complexity index is 637. The van der Waals surface area contributed by atoms with Crippen LogP contribution in [0.3, 0.4) is 0 Å². The molecule has 1 aliphatic rings. The fourth-order valence-electron chi connectivity index (χ4n) is 2.26. The van der Waals surface area contributed by atoms with Gasteiger partial charge in [-0.2, -0.15) is 0 Å². The summed E-state index contributed by atoms with van der Waals surface area (Å²) in [7, 11) is 0. The molecule has 0 amide bonds. The molecule has 3 rings (SSSR count). The van der Waals surface area contributed by atoms with E-state index < -0.39 is 5.97 Å². The maximum absolute atomic E-state index is 10.8. The number of carbonyl (C=O) groups is 1. The number of hydrogen-bond donors (Lipinski definition) is 1. The van der Waals surface area contributed by atoms with Crippen LogP contribution in [0.25, 0.3) is 0 Å². The van der Waals surface area contributed by atoms with E-state index in [0.717, 1.165) is 24.1 Å². The number of likely N-dealkylation sites (tertiary alicyclic amines) is 1. The third-order valence-corrected chi connectivity index (χ3v) is 4.17. The van der Waals surface area contributed by atoms with Crippen molar-refractivity contribution in [2.45, 2.75) is 12.6 Å². The zero-order valence-corrected chi connectivity index (χ0v) is 12.2. The molecule has 2 aromatic rings. The van der Waals surface area contributed by atoms with Gasteiger partial charge in [-0.1, -0.05) is 39.3 Å². The Labute approximate surface area is 124 Å². The SMILES string of the molecule is O=C(O)c1cn(C2CN(Cc3ccccc3Br)C2)nn1. The number of rotatable bonds is 4. The summed E-state index contributed by atoms with van der Waals surface area (Å²) in [5, 5.41) is 16.3. The molecule has 6 nitrogen and oxygen atoms in total. The Morgan fingerprint density at radius 3 is 2.80 bits per heavy atom. The monoisotopic (exact) mass is 336 g/mol. The highest BCUT2D eigenvalue weighted by atomic mass is 79.9. The van der Waals surface area contributed by atoms with Gasteiger partial charge >= 0.3 is 5.97 Å². The molecule has 0 spiro atoms. The van der Waals surface area contributed by atoms with Crippen LogP contribution in [0, 0.1) is 0 Å². The molecule has 1 saturated heterocycles. The highest BCUT2D eigenvalue weighted by Crippen LogP contribution is 2.25. The third-order valence-electron chi connectivity index (χ3n) is 3.39. The summed E-state index contributed by atoms with van der Waals surface area (Å²) < 4.78 is 2.75. The van der Waals surface area contributed by atoms with Gasteiger partial charge in [0.15, 0.2) is 5.69 Å². The normalized spacial score (nSPS) is 16.1. The van der Waals surface area contributed by atoms with Crippen molar-refractivity contribution < 1.29 is 9.90 Å². The van der Waals surface area contributed by atoms with Gasteiger partial charge in [-0.15, -0.1) is 5.10 Å². The highest BCUT2D eigenvalue weighted by Gasteiger charge is 2.29. The number of halogens is 1. The minimum Gasteiger partial charge on any atom is -0.476 e. The van der Waals surface area contributed by atoms with Gasteiger partial charge < -0.3 is 5.11 Å². The summed E-state index contributed by atoms with van der Waals surface area (Å²) in [6, 6.07) is 8.35. The molecule has 0 saturated carbocycles. The lowest BCUT2D eigenvalue weighted by Crippen LogP contribution is -2.47. The van der Waals surface area contributed by atoms with Crippen LogP contribution in [0.2, 0.25) is 0 Å². The van der Waals surface area contributed by atoms with E-state index in [0.29, 0.717) is 0 Å². The smallest absolute Gasteiger partial charge is 0.358 e. The van der Waals surface area contributed by atoms with E-state index in [9.17, 15) is 4.79 Å². The molecule has 1 aliphatic heterocycles. The molecule has 1 aromatic heterocycles. The van der Waals surface area contributed by atoms with Crippen molar-refractivity contribution in [1.29, 1.82) is 0 Å². The average Bonchev–Trinajstić information content (AvgIpc) is 2.84. The number of aromatic nitrogens is 3. The molecule has 104 valence electrons. The second-order valence-electron chi connectivity index (χ2n) is 4.83. The molecular formula is C13H13BrN4O2. The molecule has 1 fully saturated rings. The molecule has 2 heterocycles. The first-order valence-electron chi connectivity index (χ1n) is 6.24. The molecule has 20 heavy (non-hydrogen) atoms. The molecule has 7 heteroatoms. The van der Waals surface area contributed by atoms with Crippen molar-refractivity contribution >= 4 is 21.9 Å². The minimum atomic E-state index is -1.04. The molecule has 0 bridgehead atoms. The summed E-state index contributed by atoms with van der Waals surface area (Å²) in [6.07, 6.45) is 1.49. The first-order valence-corrected chi connectivity index (χ1v) is 7.03. The lowest BCUT2D eigenvalue weighted by Gasteiger charge is -2.39. The van der Waals surface area contributed by atoms with Gasteiger partial charge in [0, 0.05) is 24.1 Å². The molecule has 0 atom stereocenters. The minimum absolute atomic E-state index is 0.00532. The van der Waals surface area contributed by atoms with E-state index in [-0.39, 0.29) is 11.7 Å². The Balaban J connectivity index is 1.58. The third kappa shape index (κ3) is 2.59. The van der Waals surface area contributed by atoms with Crippen LogP contribution in [0.5, 0.6) is 0 Å². The van der Waals surface area contributed by atoms with Crippen molar-refractivity contribution in [3.05, 3.63) is 46.2 Å². The lowest BCUT2D eigenvalue weighted by atomic mass is 10.1. The second kappa shape index (κ2) is 5.34. The Morgan fingerprint density at radius 2 is 2.15 bits per heavy atom. The topological polar surface area (TPSA) is 71.2 Å². The molecule has 0 unspecified atom stereocenters. The predicted molar refractivity (Wildman–Crippen MR) is 75.4 cm³/mol. The highest BCUT2D eigenvalue weighted by molar-refractivity contribution is 9.10. The maximum Gasteiger partial charge on any atom is 0.358 e. The van der Waals surface area contributed by atoms with Gasteiger partial charge in [-0.3, -0.25) is 4.90 Å². The second-order valence-corrected chi connectivity index (χ2v) is 5.68. The number of aromatic carboxylic acids is 1. The first kappa shape index (κ1) is 13.3. The van der Waals surface area contributed by atoms with Gasteiger partial charge in [-0.25, -0.2) is 9.48 Å². The number of hydrogen-bond acceptors (Lipinski definition) is 4. The fourth-order valence-corrected chi connectivity index (χ4v) is 2.67. The van der Waals surface area contributed by atoms with Crippen molar-refractivity contribution in [2.24, 2.45) is 0 Å². The average molecular weight is 337 g/mol. The summed E-state index contributed by atoms with van der Waals surface area (Å²) in [6.45, 7) is 2.58. The van der Waals surface area contributed by atoms with Crippen LogP contribution in [0.4, 0.5) is 0 Å². The Hall–Kier alpha value is -1.73. The predicted octanol–water partition coefficient (Wildman–Crippen LogP) is 1.80. The number of benzene rings is 1. The molecule has 0 radical (unpaired) electrons. The number of nitrogens with zero attached hydrogens (tertiary/aromatic N) is 4. The van der Waals surface area contributed by atoms with E-state index in [4.69, 9.17) is 5.11 Å². The maximum atomic E-state index is 10.8. The van der Waals surface area contributed by atoms with Gasteiger partial charge in [-0.05, 0) is 11.6 Å². The van der Waals surface area contributed by atoms with E-state index >= 15 is 0 Å². The summed E-state index contributed by atoms with van der Waals surface area (Å²) in [5.74, 6) is -1.04. The van der Waals surface area contributed by atoms with Gasteiger partial charge in [0.25, 0.3) is 0 Å². The van der Waals surface area contributed by atoms with Gasteiger partial charge in [0.1, 0.15) is 0 Å². The number of carboxylic acids is 1. The van der Waals surface area contributed by atoms with E-state index in [1.165, 1.54) is 11.8 Å². The number of carboxylic acid groups (broad SMARTS) is 1. The van der Waals surface area contributed by atoms with E-state index in [1.54, 1.807) is 4.68 Å². The van der Waals surface area contributed by atoms with Crippen LogP contribution >= 0.6 is 15.9 Å². The largest absolute Gasteiger partial charge is 0.476 e. The summed E-state index contributed by atoms with van der Waals surface area (Å²) >= 11 is 3.54. The van der Waals surface area contributed by atoms with Crippen molar-refractivity contribution in [3.63, 3.8) is 0 Å². The standard InChI is InChI=1S/C13H13BrN4O2/c14-11-4-2-1-3-9(11)5-17-6-10(7-17)18-8-12(13(19)20)15-16-18/h1-4,8,10H,5-7H2,(H,19,20). The fraction of sp³-hybridized carbons (Fsp3) is 0.308. The molecule has 0 aliphatic carbocycles. The zero-order valence-electron chi connectivity index (χ0n) is 10.6. The Kier molecular flexibility index (Phi) is 3.54. The zero-order chi connectivity index (χ0) is 14.1. The van der Waals surface area contributed by atoms with Gasteiger partial charge in [0.2, 0.25) is 0 Å². The van der Waals surface area contributed by atoms with E-state index in [2.05, 4.69) is 37.2 Å². The first-order chi connectivity index (χ1) is 9.63. The van der Waals surface area contributed by atoms with Crippen LogP contribution < -0.4 is 0 Å². The van der Waals surface area contributed by atoms with Crippen molar-refractivity contribution in [1.82, 2.24) is 19.9 Å². The van der Waals surface area contributed by atoms with Crippen molar-refractivity contribution in [3.8, 4) is 0 Å². The van der Waals surface area contributed by atoms with Crippen LogP contribution in [0.15, 0.2) is 34.9 Å². The van der Waals surface area contributed by atoms with Crippen LogP contribution in [-0.2, 0) is 6.54 Å². The van der Waals surface area contributed by atoms with Gasteiger partial charge in [0.05, 0.1) is 12.2 Å². The van der Waals surface area contributed by atoms with Crippen LogP contribution in [0.1, 0.15) is 22.1 Å². The quantitative estimate of drug-likeness (QED) is 0.921. The summed E-state index contributed by atoms with van der Waals surface area (Å²) in [4.78, 5) is 13.0. The van der Waals surface area contributed by atoms with Crippen LogP contribution in [-0.4, -0.2) is 44.1 Å². The lowest BCUT2D eigenvalue weighted by molar-refractivity contribution is 0.0690.